The highest BCUT2D eigenvalue weighted by Gasteiger charge is 2.07. The second-order valence-corrected chi connectivity index (χ2v) is 7.15. The van der Waals surface area contributed by atoms with Crippen LogP contribution in [0, 0.1) is 0 Å². The van der Waals surface area contributed by atoms with E-state index in [4.69, 9.17) is 4.42 Å². The Morgan fingerprint density at radius 3 is 2.43 bits per heavy atom. The van der Waals surface area contributed by atoms with Crippen LogP contribution in [0.4, 0.5) is 0 Å². The van der Waals surface area contributed by atoms with Gasteiger partial charge in [-0.15, -0.1) is 0 Å². The number of pyridine rings is 1. The summed E-state index contributed by atoms with van der Waals surface area (Å²) in [6.07, 6.45) is 8.29. The van der Waals surface area contributed by atoms with Crippen LogP contribution >= 0.6 is 0 Å². The van der Waals surface area contributed by atoms with Crippen LogP contribution in [-0.4, -0.2) is 19.7 Å². The first-order chi connectivity index (χ1) is 11.0. The van der Waals surface area contributed by atoms with Crippen LogP contribution in [0.3, 0.4) is 0 Å². The highest BCUT2D eigenvalue weighted by Crippen LogP contribution is 2.20. The number of furan rings is 1. The monoisotopic (exact) mass is 325 g/mol. The van der Waals surface area contributed by atoms with Gasteiger partial charge in [-0.3, -0.25) is 0 Å². The van der Waals surface area contributed by atoms with Crippen LogP contribution in [0.25, 0.3) is 23.4 Å². The fourth-order valence-electron chi connectivity index (χ4n) is 2.13. The van der Waals surface area contributed by atoms with Gasteiger partial charge in [-0.1, -0.05) is 18.2 Å². The molecule has 116 valence electrons. The average Bonchev–Trinajstić information content (AvgIpc) is 3.06. The number of sulfone groups is 1. The van der Waals surface area contributed by atoms with Crippen molar-refractivity contribution in [3.8, 4) is 11.3 Å². The van der Waals surface area contributed by atoms with Gasteiger partial charge in [0.05, 0.1) is 28.8 Å². The number of nitrogens with zero attached hydrogens (tertiary/aromatic N) is 1. The van der Waals surface area contributed by atoms with E-state index < -0.39 is 9.84 Å². The Balaban J connectivity index is 1.87. The zero-order valence-electron chi connectivity index (χ0n) is 12.5. The second kappa shape index (κ2) is 6.22. The van der Waals surface area contributed by atoms with Gasteiger partial charge in [0.15, 0.2) is 9.84 Å². The van der Waals surface area contributed by atoms with Crippen LogP contribution in [0.2, 0.25) is 0 Å². The van der Waals surface area contributed by atoms with E-state index in [1.54, 1.807) is 36.8 Å². The largest absolute Gasteiger partial charge is 0.472 e. The molecular formula is C18H15NO3S. The molecular weight excluding hydrogens is 310 g/mol. The molecule has 0 N–H and O–H groups in total. The predicted molar refractivity (Wildman–Crippen MR) is 90.4 cm³/mol. The molecule has 2 heterocycles. The van der Waals surface area contributed by atoms with Gasteiger partial charge in [-0.05, 0) is 42.5 Å². The molecule has 0 bridgehead atoms. The first-order valence-corrected chi connectivity index (χ1v) is 8.89. The van der Waals surface area contributed by atoms with Gasteiger partial charge in [0.1, 0.15) is 0 Å². The zero-order chi connectivity index (χ0) is 16.3. The summed E-state index contributed by atoms with van der Waals surface area (Å²) >= 11 is 0. The van der Waals surface area contributed by atoms with Gasteiger partial charge in [0, 0.05) is 17.4 Å². The van der Waals surface area contributed by atoms with Crippen LogP contribution in [0.5, 0.6) is 0 Å². The van der Waals surface area contributed by atoms with E-state index in [1.165, 1.54) is 6.26 Å². The van der Waals surface area contributed by atoms with Crippen molar-refractivity contribution in [1.29, 1.82) is 0 Å². The van der Waals surface area contributed by atoms with E-state index >= 15 is 0 Å². The second-order valence-electron chi connectivity index (χ2n) is 5.13. The number of hydrogen-bond acceptors (Lipinski definition) is 4. The smallest absolute Gasteiger partial charge is 0.175 e. The summed E-state index contributed by atoms with van der Waals surface area (Å²) < 4.78 is 28.0. The van der Waals surface area contributed by atoms with Crippen LogP contribution < -0.4 is 0 Å². The maximum Gasteiger partial charge on any atom is 0.175 e. The molecule has 2 aromatic heterocycles. The van der Waals surface area contributed by atoms with Crippen molar-refractivity contribution < 1.29 is 12.8 Å². The molecule has 3 rings (SSSR count). The molecule has 0 radical (unpaired) electrons. The molecule has 0 fully saturated rings. The summed E-state index contributed by atoms with van der Waals surface area (Å²) in [5.74, 6) is 0. The molecule has 0 saturated carbocycles. The third-order valence-corrected chi connectivity index (χ3v) is 4.47. The lowest BCUT2D eigenvalue weighted by Gasteiger charge is -2.04. The van der Waals surface area contributed by atoms with Crippen molar-refractivity contribution >= 4 is 22.0 Å². The minimum atomic E-state index is -3.18. The molecule has 0 aliphatic carbocycles. The number of benzene rings is 1. The molecule has 23 heavy (non-hydrogen) atoms. The topological polar surface area (TPSA) is 60.2 Å². The first kappa shape index (κ1) is 15.2. The Labute approximate surface area is 135 Å². The van der Waals surface area contributed by atoms with Gasteiger partial charge >= 0.3 is 0 Å². The highest BCUT2D eigenvalue weighted by molar-refractivity contribution is 7.90. The lowest BCUT2D eigenvalue weighted by atomic mass is 10.1. The number of hydrogen-bond donors (Lipinski definition) is 0. The Kier molecular flexibility index (Phi) is 4.12. The SMILES string of the molecule is CS(=O)(=O)c1ccc(-c2cccc(/C=C\c3ccoc3)n2)cc1. The van der Waals surface area contributed by atoms with E-state index in [2.05, 4.69) is 4.98 Å². The first-order valence-electron chi connectivity index (χ1n) is 7.00. The van der Waals surface area contributed by atoms with E-state index in [-0.39, 0.29) is 0 Å². The molecule has 0 aliphatic heterocycles. The minimum absolute atomic E-state index is 0.303. The molecule has 0 saturated heterocycles. The molecule has 0 amide bonds. The fourth-order valence-corrected chi connectivity index (χ4v) is 2.76. The lowest BCUT2D eigenvalue weighted by molar-refractivity contribution is 0.567. The van der Waals surface area contributed by atoms with Crippen molar-refractivity contribution in [2.75, 3.05) is 6.26 Å². The van der Waals surface area contributed by atoms with E-state index in [0.29, 0.717) is 4.90 Å². The van der Waals surface area contributed by atoms with Crippen molar-refractivity contribution in [3.05, 3.63) is 72.3 Å². The van der Waals surface area contributed by atoms with Crippen molar-refractivity contribution in [2.24, 2.45) is 0 Å². The summed E-state index contributed by atoms with van der Waals surface area (Å²) in [6, 6.07) is 14.3. The summed E-state index contributed by atoms with van der Waals surface area (Å²) in [5, 5.41) is 0. The maximum absolute atomic E-state index is 11.5. The molecule has 0 aliphatic rings. The minimum Gasteiger partial charge on any atom is -0.472 e. The van der Waals surface area contributed by atoms with Gasteiger partial charge in [-0.2, -0.15) is 0 Å². The number of aromatic nitrogens is 1. The summed E-state index contributed by atoms with van der Waals surface area (Å²) in [7, 11) is -3.18. The van der Waals surface area contributed by atoms with E-state index in [0.717, 1.165) is 22.5 Å². The summed E-state index contributed by atoms with van der Waals surface area (Å²) in [4.78, 5) is 4.87. The molecule has 1 aromatic carbocycles. The predicted octanol–water partition coefficient (Wildman–Crippen LogP) is 3.92. The Morgan fingerprint density at radius 1 is 1.00 bits per heavy atom. The molecule has 5 heteroatoms. The van der Waals surface area contributed by atoms with Gasteiger partial charge in [0.2, 0.25) is 0 Å². The molecule has 0 unspecified atom stereocenters. The molecule has 0 spiro atoms. The zero-order valence-corrected chi connectivity index (χ0v) is 13.3. The maximum atomic E-state index is 11.5. The van der Waals surface area contributed by atoms with Crippen molar-refractivity contribution in [3.63, 3.8) is 0 Å². The van der Waals surface area contributed by atoms with E-state index in [9.17, 15) is 8.42 Å². The van der Waals surface area contributed by atoms with Crippen molar-refractivity contribution in [1.82, 2.24) is 4.98 Å². The molecule has 0 atom stereocenters. The standard InChI is InChI=1S/C18H15NO3S/c1-23(20,21)17-9-6-15(7-10-17)18-4-2-3-16(19-18)8-5-14-11-12-22-13-14/h2-13H,1H3/b8-5-. The van der Waals surface area contributed by atoms with Gasteiger partial charge in [0.25, 0.3) is 0 Å². The summed E-state index contributed by atoms with van der Waals surface area (Å²) in [6.45, 7) is 0. The van der Waals surface area contributed by atoms with Crippen molar-refractivity contribution in [2.45, 2.75) is 4.90 Å². The molecule has 3 aromatic rings. The van der Waals surface area contributed by atoms with Crippen LogP contribution in [0.1, 0.15) is 11.3 Å². The van der Waals surface area contributed by atoms with Gasteiger partial charge < -0.3 is 4.42 Å². The summed E-state index contributed by atoms with van der Waals surface area (Å²) in [5.41, 5.74) is 3.45. The quantitative estimate of drug-likeness (QED) is 0.729. The highest BCUT2D eigenvalue weighted by atomic mass is 32.2. The third-order valence-electron chi connectivity index (χ3n) is 3.34. The molecule has 4 nitrogen and oxygen atoms in total. The average molecular weight is 325 g/mol. The fraction of sp³-hybridized carbons (Fsp3) is 0.0556. The number of rotatable bonds is 4. The van der Waals surface area contributed by atoms with Crippen LogP contribution in [0.15, 0.2) is 70.4 Å². The Hall–Kier alpha value is -2.66. The lowest BCUT2D eigenvalue weighted by Crippen LogP contribution is -1.96. The van der Waals surface area contributed by atoms with Crippen LogP contribution in [-0.2, 0) is 9.84 Å². The Bertz CT molecular complexity index is 925. The van der Waals surface area contributed by atoms with E-state index in [1.807, 2.05) is 36.4 Å². The normalized spacial score (nSPS) is 11.9. The van der Waals surface area contributed by atoms with Gasteiger partial charge in [-0.25, -0.2) is 13.4 Å². The Morgan fingerprint density at radius 2 is 1.78 bits per heavy atom. The third kappa shape index (κ3) is 3.76.